The molecule has 5 rings (SSSR count). The first kappa shape index (κ1) is 18.7. The van der Waals surface area contributed by atoms with Crippen molar-refractivity contribution in [1.82, 2.24) is 18.6 Å². The molecule has 2 aromatic heterocycles. The van der Waals surface area contributed by atoms with Gasteiger partial charge in [0.05, 0.1) is 5.39 Å². The quantitative estimate of drug-likeness (QED) is 0.760. The molecule has 3 aliphatic rings. The Hall–Kier alpha value is -1.29. The maximum Gasteiger partial charge on any atom is 0.282 e. The molecule has 0 radical (unpaired) electrons. The second kappa shape index (κ2) is 7.19. The van der Waals surface area contributed by atoms with Crippen LogP contribution in [0.2, 0.25) is 0 Å². The molecular weight excluding hydrogens is 394 g/mol. The Morgan fingerprint density at radius 3 is 2.50 bits per heavy atom. The normalized spacial score (nSPS) is 24.8. The lowest BCUT2D eigenvalue weighted by molar-refractivity contribution is 0.343. The van der Waals surface area contributed by atoms with Crippen LogP contribution < -0.4 is 4.90 Å². The van der Waals surface area contributed by atoms with E-state index in [0.29, 0.717) is 39.3 Å². The van der Waals surface area contributed by atoms with Crippen LogP contribution in [0, 0.1) is 5.92 Å². The van der Waals surface area contributed by atoms with Gasteiger partial charge in [-0.15, -0.1) is 11.3 Å². The summed E-state index contributed by atoms with van der Waals surface area (Å²) < 4.78 is 29.0. The molecule has 0 N–H and O–H groups in total. The van der Waals surface area contributed by atoms with Crippen LogP contribution in [0.1, 0.15) is 36.6 Å². The summed E-state index contributed by atoms with van der Waals surface area (Å²) >= 11 is 1.81. The van der Waals surface area contributed by atoms with E-state index in [1.165, 1.54) is 22.2 Å². The maximum atomic E-state index is 12.8. The minimum Gasteiger partial charge on any atom is -0.353 e. The van der Waals surface area contributed by atoms with Gasteiger partial charge in [-0.1, -0.05) is 6.92 Å². The molecular formula is C19H27N5O2S2. The van der Waals surface area contributed by atoms with Gasteiger partial charge in [0.2, 0.25) is 0 Å². The third-order valence-electron chi connectivity index (χ3n) is 6.33. The zero-order valence-corrected chi connectivity index (χ0v) is 17.9. The van der Waals surface area contributed by atoms with Gasteiger partial charge in [-0.3, -0.25) is 0 Å². The van der Waals surface area contributed by atoms with Crippen molar-refractivity contribution in [2.24, 2.45) is 5.92 Å². The Labute approximate surface area is 170 Å². The summed E-state index contributed by atoms with van der Waals surface area (Å²) in [6.07, 6.45) is 7.06. The van der Waals surface area contributed by atoms with Gasteiger partial charge in [-0.2, -0.15) is 17.0 Å². The molecule has 9 heteroatoms. The van der Waals surface area contributed by atoms with Crippen LogP contribution >= 0.6 is 11.3 Å². The Kier molecular flexibility index (Phi) is 4.81. The van der Waals surface area contributed by atoms with Crippen molar-refractivity contribution in [2.45, 2.75) is 39.0 Å². The minimum absolute atomic E-state index is 0.522. The van der Waals surface area contributed by atoms with Gasteiger partial charge in [0.25, 0.3) is 10.2 Å². The number of nitrogens with zero attached hydrogens (tertiary/aromatic N) is 5. The van der Waals surface area contributed by atoms with Crippen LogP contribution in [0.3, 0.4) is 0 Å². The Bertz CT molecular complexity index is 976. The molecule has 2 fully saturated rings. The van der Waals surface area contributed by atoms with Crippen LogP contribution in [0.5, 0.6) is 0 Å². The molecule has 0 spiro atoms. The zero-order valence-electron chi connectivity index (χ0n) is 16.3. The van der Waals surface area contributed by atoms with E-state index in [9.17, 15) is 8.42 Å². The summed E-state index contributed by atoms with van der Waals surface area (Å²) in [6, 6.07) is 0. The first-order valence-corrected chi connectivity index (χ1v) is 12.5. The van der Waals surface area contributed by atoms with E-state index in [0.717, 1.165) is 42.2 Å². The maximum absolute atomic E-state index is 12.8. The van der Waals surface area contributed by atoms with E-state index in [4.69, 9.17) is 0 Å². The van der Waals surface area contributed by atoms with Crippen LogP contribution in [0.25, 0.3) is 10.2 Å². The topological polar surface area (TPSA) is 69.6 Å². The molecule has 28 heavy (non-hydrogen) atoms. The number of aryl methyl sites for hydroxylation is 1. The summed E-state index contributed by atoms with van der Waals surface area (Å²) in [4.78, 5) is 14.0. The molecule has 0 amide bonds. The largest absolute Gasteiger partial charge is 0.353 e. The van der Waals surface area contributed by atoms with E-state index in [1.807, 2.05) is 11.3 Å². The molecule has 1 aliphatic carbocycles. The van der Waals surface area contributed by atoms with Crippen molar-refractivity contribution in [3.63, 3.8) is 0 Å². The third kappa shape index (κ3) is 3.12. The number of aromatic nitrogens is 2. The molecule has 0 saturated carbocycles. The summed E-state index contributed by atoms with van der Waals surface area (Å²) in [5, 5.41) is 1.21. The molecule has 1 unspecified atom stereocenters. The predicted octanol–water partition coefficient (Wildman–Crippen LogP) is 2.28. The number of fused-ring (bicyclic) bond motifs is 3. The molecule has 1 atom stereocenters. The Balaban J connectivity index is 1.39. The van der Waals surface area contributed by atoms with E-state index in [1.54, 1.807) is 14.9 Å². The van der Waals surface area contributed by atoms with Crippen LogP contribution in [-0.2, 0) is 23.1 Å². The average Bonchev–Trinajstić information content (AvgIpc) is 3.35. The predicted molar refractivity (Wildman–Crippen MR) is 112 cm³/mol. The SMILES string of the molecule is CC1CCc2c(sc3ncnc(N4CCN(S(=O)(=O)N5CCCC5)CC4)c23)C1. The molecule has 4 heterocycles. The summed E-state index contributed by atoms with van der Waals surface area (Å²) in [5.41, 5.74) is 1.43. The van der Waals surface area contributed by atoms with E-state index < -0.39 is 10.2 Å². The van der Waals surface area contributed by atoms with E-state index in [2.05, 4.69) is 21.8 Å². The second-order valence-corrected chi connectivity index (χ2v) is 11.2. The average molecular weight is 422 g/mol. The van der Waals surface area contributed by atoms with Crippen molar-refractivity contribution in [1.29, 1.82) is 0 Å². The lowest BCUT2D eigenvalue weighted by Gasteiger charge is -2.36. The van der Waals surface area contributed by atoms with Gasteiger partial charge < -0.3 is 4.90 Å². The van der Waals surface area contributed by atoms with Gasteiger partial charge in [-0.05, 0) is 43.6 Å². The van der Waals surface area contributed by atoms with Gasteiger partial charge in [0.1, 0.15) is 17.0 Å². The monoisotopic (exact) mass is 421 g/mol. The number of rotatable bonds is 3. The molecule has 7 nitrogen and oxygen atoms in total. The third-order valence-corrected chi connectivity index (χ3v) is 9.53. The van der Waals surface area contributed by atoms with Crippen molar-refractivity contribution < 1.29 is 8.42 Å². The van der Waals surface area contributed by atoms with Crippen LogP contribution in [0.4, 0.5) is 5.82 Å². The molecule has 152 valence electrons. The van der Waals surface area contributed by atoms with Crippen molar-refractivity contribution in [3.8, 4) is 0 Å². The van der Waals surface area contributed by atoms with Crippen molar-refractivity contribution in [2.75, 3.05) is 44.2 Å². The number of hydrogen-bond donors (Lipinski definition) is 0. The van der Waals surface area contributed by atoms with Crippen LogP contribution in [0.15, 0.2) is 6.33 Å². The highest BCUT2D eigenvalue weighted by Crippen LogP contribution is 2.40. The molecule has 0 bridgehead atoms. The first-order chi connectivity index (χ1) is 13.5. The Morgan fingerprint density at radius 1 is 1.04 bits per heavy atom. The number of piperazine rings is 1. The fraction of sp³-hybridized carbons (Fsp3) is 0.684. The van der Waals surface area contributed by atoms with Gasteiger partial charge in [-0.25, -0.2) is 9.97 Å². The van der Waals surface area contributed by atoms with E-state index >= 15 is 0 Å². The summed E-state index contributed by atoms with van der Waals surface area (Å²) in [5.74, 6) is 1.73. The van der Waals surface area contributed by atoms with E-state index in [-0.39, 0.29) is 0 Å². The van der Waals surface area contributed by atoms with Gasteiger partial charge in [0, 0.05) is 44.1 Å². The molecule has 0 aromatic carbocycles. The summed E-state index contributed by atoms with van der Waals surface area (Å²) in [7, 11) is -3.31. The number of thiophene rings is 1. The van der Waals surface area contributed by atoms with Gasteiger partial charge in [0.15, 0.2) is 0 Å². The summed E-state index contributed by atoms with van der Waals surface area (Å²) in [6.45, 7) is 6.05. The molecule has 2 saturated heterocycles. The highest BCUT2D eigenvalue weighted by atomic mass is 32.2. The number of anilines is 1. The first-order valence-electron chi connectivity index (χ1n) is 10.3. The smallest absolute Gasteiger partial charge is 0.282 e. The fourth-order valence-electron chi connectivity index (χ4n) is 4.71. The highest BCUT2D eigenvalue weighted by molar-refractivity contribution is 7.86. The minimum atomic E-state index is -3.31. The fourth-order valence-corrected chi connectivity index (χ4v) is 7.73. The Morgan fingerprint density at radius 2 is 1.75 bits per heavy atom. The van der Waals surface area contributed by atoms with Crippen molar-refractivity contribution in [3.05, 3.63) is 16.8 Å². The zero-order chi connectivity index (χ0) is 19.3. The second-order valence-electron chi connectivity index (χ2n) is 8.23. The van der Waals surface area contributed by atoms with Crippen LogP contribution in [-0.4, -0.2) is 66.3 Å². The lowest BCUT2D eigenvalue weighted by atomic mass is 9.89. The highest BCUT2D eigenvalue weighted by Gasteiger charge is 2.34. The number of hydrogen-bond acceptors (Lipinski definition) is 6. The standard InChI is InChI=1S/C19H27N5O2S2/c1-14-4-5-15-16(12-14)27-19-17(15)18(20-13-21-19)22-8-10-24(11-9-22)28(25,26)23-6-2-3-7-23/h13-14H,2-12H2,1H3. The van der Waals surface area contributed by atoms with Gasteiger partial charge >= 0.3 is 0 Å². The lowest BCUT2D eigenvalue weighted by Crippen LogP contribution is -2.52. The molecule has 2 aliphatic heterocycles. The molecule has 2 aromatic rings. The van der Waals surface area contributed by atoms with Crippen molar-refractivity contribution >= 4 is 37.6 Å².